The highest BCUT2D eigenvalue weighted by molar-refractivity contribution is 5.98. The van der Waals surface area contributed by atoms with Crippen molar-refractivity contribution in [2.45, 2.75) is 12.5 Å². The van der Waals surface area contributed by atoms with E-state index in [1.165, 1.54) is 14.2 Å². The number of amides is 1. The fourth-order valence-corrected chi connectivity index (χ4v) is 3.27. The van der Waals surface area contributed by atoms with Crippen molar-refractivity contribution >= 4 is 5.91 Å². The number of hydrogen-bond acceptors (Lipinski definition) is 5. The molecule has 1 amide bonds. The molecule has 1 aliphatic rings. The van der Waals surface area contributed by atoms with Crippen molar-refractivity contribution in [2.24, 2.45) is 5.92 Å². The van der Waals surface area contributed by atoms with Crippen LogP contribution in [0.25, 0.3) is 0 Å². The number of pyridine rings is 1. The van der Waals surface area contributed by atoms with Gasteiger partial charge in [-0.05, 0) is 36.2 Å². The number of methoxy groups -OCH3 is 2. The Bertz CT molecular complexity index is 735. The zero-order valence-electron chi connectivity index (χ0n) is 14.4. The van der Waals surface area contributed by atoms with Crippen LogP contribution >= 0.6 is 0 Å². The normalized spacial score (nSPS) is 19.7. The Labute approximate surface area is 147 Å². The standard InChI is InChI=1S/C19H22N2O4/c1-24-17-5-3-4-15(18(17)25-2)19(23)21-11-14(16(22)12-21)10-13-6-8-20-9-7-13/h3-9,14,16,22H,10-12H2,1-2H3. The van der Waals surface area contributed by atoms with Crippen molar-refractivity contribution in [3.05, 3.63) is 53.9 Å². The topological polar surface area (TPSA) is 71.9 Å². The molecule has 0 radical (unpaired) electrons. The predicted molar refractivity (Wildman–Crippen MR) is 92.9 cm³/mol. The Morgan fingerprint density at radius 1 is 1.20 bits per heavy atom. The number of benzene rings is 1. The summed E-state index contributed by atoms with van der Waals surface area (Å²) in [4.78, 5) is 18.6. The summed E-state index contributed by atoms with van der Waals surface area (Å²) in [6, 6.07) is 9.09. The van der Waals surface area contributed by atoms with Crippen LogP contribution in [-0.4, -0.2) is 54.3 Å². The van der Waals surface area contributed by atoms with Gasteiger partial charge in [-0.2, -0.15) is 0 Å². The largest absolute Gasteiger partial charge is 0.493 e. The van der Waals surface area contributed by atoms with E-state index >= 15 is 0 Å². The maximum absolute atomic E-state index is 12.9. The number of β-amino-alcohol motifs (C(OH)–C–C–N with tert-alkyl or cyclic N) is 1. The van der Waals surface area contributed by atoms with Crippen molar-refractivity contribution in [3.63, 3.8) is 0 Å². The Kier molecular flexibility index (Phi) is 5.19. The zero-order chi connectivity index (χ0) is 17.8. The predicted octanol–water partition coefficient (Wildman–Crippen LogP) is 1.77. The molecule has 0 aliphatic carbocycles. The second kappa shape index (κ2) is 7.53. The lowest BCUT2D eigenvalue weighted by Crippen LogP contribution is -2.30. The highest BCUT2D eigenvalue weighted by atomic mass is 16.5. The van der Waals surface area contributed by atoms with E-state index in [0.29, 0.717) is 36.6 Å². The number of rotatable bonds is 5. The molecule has 2 unspecified atom stereocenters. The number of aromatic nitrogens is 1. The lowest BCUT2D eigenvalue weighted by molar-refractivity contribution is 0.0760. The van der Waals surface area contributed by atoms with E-state index in [2.05, 4.69) is 4.98 Å². The van der Waals surface area contributed by atoms with Gasteiger partial charge >= 0.3 is 0 Å². The quantitative estimate of drug-likeness (QED) is 0.897. The van der Waals surface area contributed by atoms with Gasteiger partial charge in [-0.25, -0.2) is 0 Å². The lowest BCUT2D eigenvalue weighted by Gasteiger charge is -2.19. The monoisotopic (exact) mass is 342 g/mol. The van der Waals surface area contributed by atoms with Crippen LogP contribution in [0.2, 0.25) is 0 Å². The molecular weight excluding hydrogens is 320 g/mol. The molecule has 0 saturated carbocycles. The van der Waals surface area contributed by atoms with Gasteiger partial charge in [-0.15, -0.1) is 0 Å². The highest BCUT2D eigenvalue weighted by Gasteiger charge is 2.35. The molecule has 132 valence electrons. The summed E-state index contributed by atoms with van der Waals surface area (Å²) in [6.45, 7) is 0.817. The molecule has 1 aliphatic heterocycles. The van der Waals surface area contributed by atoms with Crippen LogP contribution in [0, 0.1) is 5.92 Å². The zero-order valence-corrected chi connectivity index (χ0v) is 14.4. The fraction of sp³-hybridized carbons (Fsp3) is 0.368. The van der Waals surface area contributed by atoms with E-state index < -0.39 is 6.10 Å². The summed E-state index contributed by atoms with van der Waals surface area (Å²) in [6.07, 6.45) is 3.64. The molecule has 0 bridgehead atoms. The number of ether oxygens (including phenoxy) is 2. The molecule has 2 heterocycles. The molecule has 2 aromatic rings. The Morgan fingerprint density at radius 2 is 1.96 bits per heavy atom. The van der Waals surface area contributed by atoms with E-state index in [9.17, 15) is 9.90 Å². The molecule has 1 fully saturated rings. The second-order valence-corrected chi connectivity index (χ2v) is 6.14. The van der Waals surface area contributed by atoms with E-state index in [1.807, 2.05) is 12.1 Å². The summed E-state index contributed by atoms with van der Waals surface area (Å²) in [5.74, 6) is 0.776. The molecule has 2 atom stereocenters. The van der Waals surface area contributed by atoms with Crippen molar-refractivity contribution in [1.29, 1.82) is 0 Å². The third kappa shape index (κ3) is 3.58. The Hall–Kier alpha value is -2.60. The minimum Gasteiger partial charge on any atom is -0.493 e. The maximum Gasteiger partial charge on any atom is 0.257 e. The summed E-state index contributed by atoms with van der Waals surface area (Å²) >= 11 is 0. The van der Waals surface area contributed by atoms with Crippen LogP contribution in [0.15, 0.2) is 42.7 Å². The first-order chi connectivity index (χ1) is 12.1. The number of carbonyl (C=O) groups is 1. The average Bonchev–Trinajstić information content (AvgIpc) is 3.01. The van der Waals surface area contributed by atoms with Gasteiger partial charge in [0.1, 0.15) is 0 Å². The van der Waals surface area contributed by atoms with Gasteiger partial charge in [0.15, 0.2) is 11.5 Å². The summed E-state index contributed by atoms with van der Waals surface area (Å²) in [5.41, 5.74) is 1.55. The van der Waals surface area contributed by atoms with Crippen LogP contribution in [-0.2, 0) is 6.42 Å². The third-order valence-corrected chi connectivity index (χ3v) is 4.57. The Morgan fingerprint density at radius 3 is 2.64 bits per heavy atom. The first kappa shape index (κ1) is 17.2. The molecular formula is C19H22N2O4. The molecule has 0 spiro atoms. The second-order valence-electron chi connectivity index (χ2n) is 6.14. The molecule has 1 aromatic heterocycles. The molecule has 3 rings (SSSR count). The van der Waals surface area contributed by atoms with E-state index in [1.54, 1.807) is 35.5 Å². The molecule has 1 N–H and O–H groups in total. The third-order valence-electron chi connectivity index (χ3n) is 4.57. The van der Waals surface area contributed by atoms with E-state index in [-0.39, 0.29) is 11.8 Å². The number of carbonyl (C=O) groups excluding carboxylic acids is 1. The van der Waals surface area contributed by atoms with E-state index in [4.69, 9.17) is 9.47 Å². The minimum absolute atomic E-state index is 0.00273. The van der Waals surface area contributed by atoms with Crippen molar-refractivity contribution in [2.75, 3.05) is 27.3 Å². The number of para-hydroxylation sites is 1. The van der Waals surface area contributed by atoms with Crippen molar-refractivity contribution in [1.82, 2.24) is 9.88 Å². The van der Waals surface area contributed by atoms with Gasteiger partial charge in [-0.1, -0.05) is 6.07 Å². The van der Waals surface area contributed by atoms with Crippen LogP contribution in [0.5, 0.6) is 11.5 Å². The molecule has 1 aromatic carbocycles. The lowest BCUT2D eigenvalue weighted by atomic mass is 9.97. The van der Waals surface area contributed by atoms with Gasteiger partial charge in [0, 0.05) is 31.4 Å². The van der Waals surface area contributed by atoms with Gasteiger partial charge in [0.05, 0.1) is 25.9 Å². The number of nitrogens with zero attached hydrogens (tertiary/aromatic N) is 2. The van der Waals surface area contributed by atoms with Crippen molar-refractivity contribution in [3.8, 4) is 11.5 Å². The SMILES string of the molecule is COc1cccc(C(=O)N2CC(O)C(Cc3ccncc3)C2)c1OC. The smallest absolute Gasteiger partial charge is 0.257 e. The Balaban J connectivity index is 1.76. The first-order valence-electron chi connectivity index (χ1n) is 8.21. The number of aliphatic hydroxyl groups excluding tert-OH is 1. The molecule has 6 nitrogen and oxygen atoms in total. The van der Waals surface area contributed by atoms with Crippen LogP contribution < -0.4 is 9.47 Å². The molecule has 6 heteroatoms. The number of hydrogen-bond donors (Lipinski definition) is 1. The van der Waals surface area contributed by atoms with Gasteiger partial charge < -0.3 is 19.5 Å². The van der Waals surface area contributed by atoms with Crippen LogP contribution in [0.3, 0.4) is 0 Å². The first-order valence-corrected chi connectivity index (χ1v) is 8.21. The number of likely N-dealkylation sites (tertiary alicyclic amines) is 1. The summed E-state index contributed by atoms with van der Waals surface area (Å²) in [7, 11) is 3.05. The minimum atomic E-state index is -0.547. The van der Waals surface area contributed by atoms with Crippen LogP contribution in [0.1, 0.15) is 15.9 Å². The maximum atomic E-state index is 12.9. The van der Waals surface area contributed by atoms with E-state index in [0.717, 1.165) is 5.56 Å². The van der Waals surface area contributed by atoms with Gasteiger partial charge in [0.25, 0.3) is 5.91 Å². The average molecular weight is 342 g/mol. The fourth-order valence-electron chi connectivity index (χ4n) is 3.27. The molecule has 25 heavy (non-hydrogen) atoms. The number of aliphatic hydroxyl groups is 1. The highest BCUT2D eigenvalue weighted by Crippen LogP contribution is 2.33. The van der Waals surface area contributed by atoms with Crippen LogP contribution in [0.4, 0.5) is 0 Å². The molecule has 1 saturated heterocycles. The summed E-state index contributed by atoms with van der Waals surface area (Å²) < 4.78 is 10.6. The van der Waals surface area contributed by atoms with Gasteiger partial charge in [-0.3, -0.25) is 9.78 Å². The summed E-state index contributed by atoms with van der Waals surface area (Å²) in [5, 5.41) is 10.4. The van der Waals surface area contributed by atoms with Crippen molar-refractivity contribution < 1.29 is 19.4 Å². The van der Waals surface area contributed by atoms with Gasteiger partial charge in [0.2, 0.25) is 0 Å².